The Balaban J connectivity index is 1.64. The molecule has 0 aliphatic carbocycles. The number of ether oxygens (including phenoxy) is 1. The van der Waals surface area contributed by atoms with Crippen LogP contribution in [0, 0.1) is 0 Å². The number of nitrogens with one attached hydrogen (secondary N) is 2. The summed E-state index contributed by atoms with van der Waals surface area (Å²) in [6, 6.07) is 17.3. The van der Waals surface area contributed by atoms with Gasteiger partial charge in [-0.1, -0.05) is 18.2 Å². The van der Waals surface area contributed by atoms with Crippen molar-refractivity contribution in [2.24, 2.45) is 0 Å². The number of nitrogens with zero attached hydrogens (tertiary/aromatic N) is 1. The maximum atomic E-state index is 13.2. The predicted molar refractivity (Wildman–Crippen MR) is 128 cm³/mol. The highest BCUT2D eigenvalue weighted by atomic mass is 32.2. The summed E-state index contributed by atoms with van der Waals surface area (Å²) >= 11 is 1.58. The first-order chi connectivity index (χ1) is 14.9. The van der Waals surface area contributed by atoms with Crippen molar-refractivity contribution < 1.29 is 13.2 Å². The molecule has 0 bridgehead atoms. The number of sulfonamides is 1. The largest absolute Gasteiger partial charge is 0.495 e. The van der Waals surface area contributed by atoms with E-state index >= 15 is 0 Å². The quantitative estimate of drug-likeness (QED) is 0.574. The first-order valence-electron chi connectivity index (χ1n) is 10.2. The van der Waals surface area contributed by atoms with Gasteiger partial charge in [-0.25, -0.2) is 8.42 Å². The number of methoxy groups -OCH3 is 1. The summed E-state index contributed by atoms with van der Waals surface area (Å²) in [6.07, 6.45) is 0. The van der Waals surface area contributed by atoms with Crippen LogP contribution in [0.1, 0.15) is 13.8 Å². The summed E-state index contributed by atoms with van der Waals surface area (Å²) in [5, 5.41) is 5.49. The van der Waals surface area contributed by atoms with Gasteiger partial charge in [0.25, 0.3) is 10.0 Å². The van der Waals surface area contributed by atoms with Crippen molar-refractivity contribution in [3.63, 3.8) is 0 Å². The zero-order valence-corrected chi connectivity index (χ0v) is 19.5. The Morgan fingerprint density at radius 2 is 1.84 bits per heavy atom. The van der Waals surface area contributed by atoms with Crippen LogP contribution in [0.3, 0.4) is 0 Å². The Hall–Kier alpha value is -2.55. The molecule has 2 unspecified atom stereocenters. The third kappa shape index (κ3) is 4.87. The molecule has 2 heterocycles. The summed E-state index contributed by atoms with van der Waals surface area (Å²) in [6.45, 7) is 6.00. The zero-order valence-electron chi connectivity index (χ0n) is 17.8. The molecule has 0 saturated carbocycles. The number of thiophene rings is 1. The van der Waals surface area contributed by atoms with E-state index in [1.54, 1.807) is 36.6 Å². The van der Waals surface area contributed by atoms with E-state index in [0.717, 1.165) is 29.2 Å². The van der Waals surface area contributed by atoms with Crippen molar-refractivity contribution >= 4 is 32.7 Å². The Labute approximate surface area is 187 Å². The van der Waals surface area contributed by atoms with Gasteiger partial charge in [-0.3, -0.25) is 4.72 Å². The number of hydrogen-bond donors (Lipinski definition) is 2. The third-order valence-corrected chi connectivity index (χ3v) is 7.58. The molecule has 2 N–H and O–H groups in total. The number of hydrogen-bond acceptors (Lipinski definition) is 6. The maximum absolute atomic E-state index is 13.2. The molecule has 0 spiro atoms. The van der Waals surface area contributed by atoms with Crippen molar-refractivity contribution in [1.29, 1.82) is 0 Å². The molecule has 4 rings (SSSR count). The van der Waals surface area contributed by atoms with E-state index in [1.165, 1.54) is 0 Å². The van der Waals surface area contributed by atoms with Gasteiger partial charge in [0.15, 0.2) is 0 Å². The van der Waals surface area contributed by atoms with Crippen LogP contribution >= 0.6 is 11.3 Å². The van der Waals surface area contributed by atoms with Crippen molar-refractivity contribution in [2.75, 3.05) is 29.8 Å². The fourth-order valence-electron chi connectivity index (χ4n) is 3.97. The van der Waals surface area contributed by atoms with Crippen LogP contribution in [-0.2, 0) is 10.0 Å². The number of rotatable bonds is 6. The first-order valence-corrected chi connectivity index (χ1v) is 12.6. The lowest BCUT2D eigenvalue weighted by molar-refractivity contribution is 0.406. The summed E-state index contributed by atoms with van der Waals surface area (Å²) in [5.41, 5.74) is 2.27. The third-order valence-electron chi connectivity index (χ3n) is 5.30. The highest BCUT2D eigenvalue weighted by molar-refractivity contribution is 7.92. The van der Waals surface area contributed by atoms with E-state index in [1.807, 2.05) is 41.8 Å². The zero-order chi connectivity index (χ0) is 22.0. The maximum Gasteiger partial charge on any atom is 0.262 e. The van der Waals surface area contributed by atoms with E-state index in [9.17, 15) is 8.42 Å². The minimum absolute atomic E-state index is 0.218. The van der Waals surface area contributed by atoms with Gasteiger partial charge in [-0.05, 0) is 61.2 Å². The molecular formula is C23H27N3O3S2. The second-order valence-electron chi connectivity index (χ2n) is 7.87. The molecule has 1 aromatic heterocycles. The highest BCUT2D eigenvalue weighted by Gasteiger charge is 2.23. The second-order valence-corrected chi connectivity index (χ2v) is 10.5. The van der Waals surface area contributed by atoms with Crippen molar-refractivity contribution in [3.05, 3.63) is 60.0 Å². The molecule has 1 aliphatic heterocycles. The van der Waals surface area contributed by atoms with Gasteiger partial charge in [0.1, 0.15) is 5.75 Å². The lowest BCUT2D eigenvalue weighted by Gasteiger charge is -2.38. The molecule has 6 nitrogen and oxygen atoms in total. The Morgan fingerprint density at radius 3 is 2.52 bits per heavy atom. The molecule has 0 radical (unpaired) electrons. The molecule has 1 aliphatic rings. The van der Waals surface area contributed by atoms with Crippen LogP contribution in [0.25, 0.3) is 10.4 Å². The normalized spacial score (nSPS) is 19.3. The van der Waals surface area contributed by atoms with E-state index in [0.29, 0.717) is 23.5 Å². The van der Waals surface area contributed by atoms with Crippen LogP contribution in [0.2, 0.25) is 0 Å². The van der Waals surface area contributed by atoms with Gasteiger partial charge >= 0.3 is 0 Å². The number of piperazine rings is 1. The molecule has 3 aromatic rings. The van der Waals surface area contributed by atoms with Crippen LogP contribution in [0.15, 0.2) is 64.9 Å². The van der Waals surface area contributed by atoms with Gasteiger partial charge in [-0.15, -0.1) is 11.3 Å². The molecular weight excluding hydrogens is 430 g/mol. The van der Waals surface area contributed by atoms with E-state index in [2.05, 4.69) is 28.8 Å². The van der Waals surface area contributed by atoms with Crippen LogP contribution in [-0.4, -0.2) is 40.7 Å². The van der Waals surface area contributed by atoms with E-state index in [-0.39, 0.29) is 4.90 Å². The topological polar surface area (TPSA) is 70.7 Å². The molecule has 31 heavy (non-hydrogen) atoms. The second kappa shape index (κ2) is 8.90. The summed E-state index contributed by atoms with van der Waals surface area (Å²) < 4.78 is 34.6. The Morgan fingerprint density at radius 1 is 1.06 bits per heavy atom. The van der Waals surface area contributed by atoms with Gasteiger partial charge < -0.3 is 15.0 Å². The lowest BCUT2D eigenvalue weighted by atomic mass is 10.1. The Kier molecular flexibility index (Phi) is 6.22. The molecule has 0 amide bonds. The summed E-state index contributed by atoms with van der Waals surface area (Å²) in [5.74, 6) is 0.484. The van der Waals surface area contributed by atoms with Gasteiger partial charge in [0, 0.05) is 35.7 Å². The predicted octanol–water partition coefficient (Wildman–Crippen LogP) is 4.41. The van der Waals surface area contributed by atoms with Gasteiger partial charge in [-0.2, -0.15) is 0 Å². The van der Waals surface area contributed by atoms with Crippen LogP contribution < -0.4 is 19.7 Å². The standard InChI is InChI=1S/C23H27N3O3S2/c1-16-14-26(15-17(2)24-16)19-9-10-22(29-3)21(13-19)25-31(27,28)20-7-4-6-18(12-20)23-8-5-11-30-23/h4-13,16-17,24-25H,14-15H2,1-3H3. The first kappa shape index (κ1) is 21.7. The molecule has 1 fully saturated rings. The number of anilines is 2. The summed E-state index contributed by atoms with van der Waals surface area (Å²) in [4.78, 5) is 3.51. The van der Waals surface area contributed by atoms with Gasteiger partial charge in [0.2, 0.25) is 0 Å². The van der Waals surface area contributed by atoms with Crippen molar-refractivity contribution in [3.8, 4) is 16.2 Å². The summed E-state index contributed by atoms with van der Waals surface area (Å²) in [7, 11) is -2.24. The molecule has 8 heteroatoms. The molecule has 164 valence electrons. The van der Waals surface area contributed by atoms with Gasteiger partial charge in [0.05, 0.1) is 17.7 Å². The minimum atomic E-state index is -3.78. The van der Waals surface area contributed by atoms with Crippen LogP contribution in [0.5, 0.6) is 5.75 Å². The highest BCUT2D eigenvalue weighted by Crippen LogP contribution is 2.33. The molecule has 2 aromatic carbocycles. The van der Waals surface area contributed by atoms with Crippen LogP contribution in [0.4, 0.5) is 11.4 Å². The van der Waals surface area contributed by atoms with E-state index < -0.39 is 10.0 Å². The SMILES string of the molecule is COc1ccc(N2CC(C)NC(C)C2)cc1NS(=O)(=O)c1cccc(-c2cccs2)c1. The fraction of sp³-hybridized carbons (Fsp3) is 0.304. The average molecular weight is 458 g/mol. The number of benzene rings is 2. The monoisotopic (exact) mass is 457 g/mol. The lowest BCUT2D eigenvalue weighted by Crippen LogP contribution is -2.54. The van der Waals surface area contributed by atoms with Crippen molar-refractivity contribution in [1.82, 2.24) is 5.32 Å². The fourth-order valence-corrected chi connectivity index (χ4v) is 5.80. The Bertz CT molecular complexity index is 1140. The van der Waals surface area contributed by atoms with Crippen molar-refractivity contribution in [2.45, 2.75) is 30.8 Å². The molecule has 1 saturated heterocycles. The smallest absolute Gasteiger partial charge is 0.262 e. The average Bonchev–Trinajstić information content (AvgIpc) is 3.28. The van der Waals surface area contributed by atoms with E-state index in [4.69, 9.17) is 4.74 Å². The minimum Gasteiger partial charge on any atom is -0.495 e. The molecule has 2 atom stereocenters.